The van der Waals surface area contributed by atoms with Gasteiger partial charge in [-0.05, 0) is 24.1 Å². The highest BCUT2D eigenvalue weighted by Crippen LogP contribution is 2.03. The van der Waals surface area contributed by atoms with Crippen molar-refractivity contribution in [3.8, 4) is 0 Å². The van der Waals surface area contributed by atoms with Crippen molar-refractivity contribution in [1.29, 1.82) is 0 Å². The van der Waals surface area contributed by atoms with Gasteiger partial charge in [0, 0.05) is 12.4 Å². The molecule has 1 N–H and O–H groups in total. The van der Waals surface area contributed by atoms with E-state index in [0.29, 0.717) is 12.3 Å². The summed E-state index contributed by atoms with van der Waals surface area (Å²) < 4.78 is 37.8. The quantitative estimate of drug-likeness (QED) is 0.799. The van der Waals surface area contributed by atoms with Crippen molar-refractivity contribution in [1.82, 2.24) is 4.72 Å². The zero-order chi connectivity index (χ0) is 12.0. The monoisotopic (exact) mass is 265 g/mol. The first-order valence-corrected chi connectivity index (χ1v) is 7.00. The van der Waals surface area contributed by atoms with Crippen LogP contribution in [0.3, 0.4) is 0 Å². The van der Waals surface area contributed by atoms with Crippen LogP contribution in [0.5, 0.6) is 0 Å². The van der Waals surface area contributed by atoms with E-state index in [1.54, 1.807) is 12.1 Å². The molecule has 0 aromatic heterocycles. The van der Waals surface area contributed by atoms with Gasteiger partial charge >= 0.3 is 0 Å². The SMILES string of the molecule is O=S(=O)(CCCCl)NCc1ccc(F)cc1. The lowest BCUT2D eigenvalue weighted by molar-refractivity contribution is 0.580. The van der Waals surface area contributed by atoms with E-state index in [9.17, 15) is 12.8 Å². The average Bonchev–Trinajstić information content (AvgIpc) is 2.26. The molecule has 0 bridgehead atoms. The van der Waals surface area contributed by atoms with Gasteiger partial charge in [-0.1, -0.05) is 12.1 Å². The number of hydrogen-bond donors (Lipinski definition) is 1. The van der Waals surface area contributed by atoms with Crippen molar-refractivity contribution < 1.29 is 12.8 Å². The van der Waals surface area contributed by atoms with Gasteiger partial charge in [0.05, 0.1) is 5.75 Å². The van der Waals surface area contributed by atoms with Crippen LogP contribution in [0.15, 0.2) is 24.3 Å². The van der Waals surface area contributed by atoms with E-state index in [1.165, 1.54) is 12.1 Å². The van der Waals surface area contributed by atoms with E-state index in [0.717, 1.165) is 5.56 Å². The predicted molar refractivity (Wildman–Crippen MR) is 62.4 cm³/mol. The maximum Gasteiger partial charge on any atom is 0.211 e. The van der Waals surface area contributed by atoms with Gasteiger partial charge in [0.25, 0.3) is 0 Å². The summed E-state index contributed by atoms with van der Waals surface area (Å²) in [7, 11) is -3.28. The third-order valence-corrected chi connectivity index (χ3v) is 3.63. The van der Waals surface area contributed by atoms with E-state index < -0.39 is 10.0 Å². The lowest BCUT2D eigenvalue weighted by atomic mass is 10.2. The van der Waals surface area contributed by atoms with Gasteiger partial charge in [-0.25, -0.2) is 17.5 Å². The first-order chi connectivity index (χ1) is 7.53. The third-order valence-electron chi connectivity index (χ3n) is 1.96. The van der Waals surface area contributed by atoms with Gasteiger partial charge in [-0.3, -0.25) is 0 Å². The molecule has 1 rings (SSSR count). The van der Waals surface area contributed by atoms with E-state index in [-0.39, 0.29) is 18.1 Å². The highest BCUT2D eigenvalue weighted by atomic mass is 35.5. The molecule has 90 valence electrons. The smallest absolute Gasteiger partial charge is 0.211 e. The highest BCUT2D eigenvalue weighted by Gasteiger charge is 2.08. The number of alkyl halides is 1. The molecule has 0 spiro atoms. The molecule has 3 nitrogen and oxygen atoms in total. The molecule has 0 unspecified atom stereocenters. The zero-order valence-electron chi connectivity index (χ0n) is 8.62. The molecular weight excluding hydrogens is 253 g/mol. The number of hydrogen-bond acceptors (Lipinski definition) is 2. The molecule has 0 aliphatic carbocycles. The molecule has 1 aromatic carbocycles. The van der Waals surface area contributed by atoms with Crippen LogP contribution in [0, 0.1) is 5.82 Å². The van der Waals surface area contributed by atoms with Gasteiger partial charge in [-0.2, -0.15) is 0 Å². The molecule has 6 heteroatoms. The second kappa shape index (κ2) is 6.18. The molecule has 0 saturated heterocycles. The second-order valence-corrected chi connectivity index (χ2v) is 5.61. The summed E-state index contributed by atoms with van der Waals surface area (Å²) in [5, 5.41) is 0. The van der Waals surface area contributed by atoms with Crippen LogP contribution >= 0.6 is 11.6 Å². The summed E-state index contributed by atoms with van der Waals surface area (Å²) >= 11 is 5.41. The van der Waals surface area contributed by atoms with Crippen LogP contribution in [0.4, 0.5) is 4.39 Å². The molecule has 0 radical (unpaired) electrons. The van der Waals surface area contributed by atoms with Crippen LogP contribution in [0.2, 0.25) is 0 Å². The number of sulfonamides is 1. The maximum absolute atomic E-state index is 12.6. The molecule has 16 heavy (non-hydrogen) atoms. The average molecular weight is 266 g/mol. The number of halogens is 2. The largest absolute Gasteiger partial charge is 0.212 e. The summed E-state index contributed by atoms with van der Waals surface area (Å²) in [6.07, 6.45) is 0.417. The Morgan fingerprint density at radius 3 is 2.44 bits per heavy atom. The Labute approximate surface area is 99.7 Å². The fraction of sp³-hybridized carbons (Fsp3) is 0.400. The predicted octanol–water partition coefficient (Wildman–Crippen LogP) is 1.87. The van der Waals surface area contributed by atoms with Crippen LogP contribution in [-0.4, -0.2) is 20.1 Å². The van der Waals surface area contributed by atoms with Gasteiger partial charge in [0.2, 0.25) is 10.0 Å². The minimum Gasteiger partial charge on any atom is -0.212 e. The van der Waals surface area contributed by atoms with Crippen LogP contribution in [0.1, 0.15) is 12.0 Å². The van der Waals surface area contributed by atoms with Gasteiger partial charge in [0.1, 0.15) is 5.82 Å². The van der Waals surface area contributed by atoms with Crippen molar-refractivity contribution in [2.75, 3.05) is 11.6 Å². The molecule has 0 heterocycles. The normalized spacial score (nSPS) is 11.6. The minimum atomic E-state index is -3.28. The van der Waals surface area contributed by atoms with Gasteiger partial charge in [-0.15, -0.1) is 11.6 Å². The Hall–Kier alpha value is -0.650. The molecule has 0 aliphatic rings. The fourth-order valence-corrected chi connectivity index (χ4v) is 2.46. The van der Waals surface area contributed by atoms with E-state index in [4.69, 9.17) is 11.6 Å². The number of nitrogens with one attached hydrogen (secondary N) is 1. The number of benzene rings is 1. The lowest BCUT2D eigenvalue weighted by Gasteiger charge is -2.05. The summed E-state index contributed by atoms with van der Waals surface area (Å²) in [6.45, 7) is 0.172. The van der Waals surface area contributed by atoms with Crippen molar-refractivity contribution in [3.05, 3.63) is 35.6 Å². The topological polar surface area (TPSA) is 46.2 Å². The summed E-state index contributed by atoms with van der Waals surface area (Å²) in [5.74, 6) is -0.0106. The lowest BCUT2D eigenvalue weighted by Crippen LogP contribution is -2.26. The molecule has 0 fully saturated rings. The van der Waals surface area contributed by atoms with Gasteiger partial charge < -0.3 is 0 Å². The van der Waals surface area contributed by atoms with Crippen LogP contribution in [0.25, 0.3) is 0 Å². The second-order valence-electron chi connectivity index (χ2n) is 3.31. The fourth-order valence-electron chi connectivity index (χ4n) is 1.11. The Balaban J connectivity index is 2.48. The van der Waals surface area contributed by atoms with Crippen molar-refractivity contribution >= 4 is 21.6 Å². The maximum atomic E-state index is 12.6. The summed E-state index contributed by atoms with van der Waals surface area (Å²) in [5.41, 5.74) is 0.718. The van der Waals surface area contributed by atoms with Crippen LogP contribution in [-0.2, 0) is 16.6 Å². The molecule has 0 atom stereocenters. The van der Waals surface area contributed by atoms with E-state index in [2.05, 4.69) is 4.72 Å². The number of rotatable bonds is 6. The first kappa shape index (κ1) is 13.4. The summed E-state index contributed by atoms with van der Waals surface area (Å²) in [4.78, 5) is 0. The van der Waals surface area contributed by atoms with E-state index >= 15 is 0 Å². The van der Waals surface area contributed by atoms with E-state index in [1.807, 2.05) is 0 Å². The Bertz CT molecular complexity index is 419. The highest BCUT2D eigenvalue weighted by molar-refractivity contribution is 7.89. The standard InChI is InChI=1S/C10H13ClFNO2S/c11-6-1-7-16(14,15)13-8-9-2-4-10(12)5-3-9/h2-5,13H,1,6-8H2. The molecule has 0 saturated carbocycles. The van der Waals surface area contributed by atoms with Crippen molar-refractivity contribution in [2.24, 2.45) is 0 Å². The first-order valence-electron chi connectivity index (χ1n) is 4.81. The van der Waals surface area contributed by atoms with Crippen LogP contribution < -0.4 is 4.72 Å². The Morgan fingerprint density at radius 2 is 1.88 bits per heavy atom. The van der Waals surface area contributed by atoms with Crippen molar-refractivity contribution in [3.63, 3.8) is 0 Å². The van der Waals surface area contributed by atoms with Gasteiger partial charge in [0.15, 0.2) is 0 Å². The molecule has 0 aliphatic heterocycles. The zero-order valence-corrected chi connectivity index (χ0v) is 10.2. The molecular formula is C10H13ClFNO2S. The Kier molecular flexibility index (Phi) is 5.18. The van der Waals surface area contributed by atoms with Crippen molar-refractivity contribution in [2.45, 2.75) is 13.0 Å². The Morgan fingerprint density at radius 1 is 1.25 bits per heavy atom. The summed E-state index contributed by atoms with van der Waals surface area (Å²) in [6, 6.07) is 5.67. The minimum absolute atomic E-state index is 0.0116. The molecule has 0 amide bonds. The molecule has 1 aromatic rings. The third kappa shape index (κ3) is 4.92.